The van der Waals surface area contributed by atoms with Crippen LogP contribution < -0.4 is 4.74 Å². The fourth-order valence-corrected chi connectivity index (χ4v) is 1.38. The second kappa shape index (κ2) is 5.04. The van der Waals surface area contributed by atoms with Crippen LogP contribution in [0.1, 0.15) is 5.56 Å². The van der Waals surface area contributed by atoms with Crippen molar-refractivity contribution in [3.63, 3.8) is 0 Å². The molecule has 0 aliphatic carbocycles. The maximum absolute atomic E-state index is 8.56. The zero-order chi connectivity index (χ0) is 9.68. The maximum atomic E-state index is 8.56. The van der Waals surface area contributed by atoms with Crippen LogP contribution in [0.4, 0.5) is 0 Å². The highest BCUT2D eigenvalue weighted by molar-refractivity contribution is 9.10. The molecular formula is C10H10BrO2. The molecular weight excluding hydrogens is 232 g/mol. The van der Waals surface area contributed by atoms with Crippen LogP contribution in [-0.2, 0) is 0 Å². The first-order valence-corrected chi connectivity index (χ1v) is 4.63. The lowest BCUT2D eigenvalue weighted by Crippen LogP contribution is -2.01. The molecule has 0 aromatic heterocycles. The predicted molar refractivity (Wildman–Crippen MR) is 54.7 cm³/mol. The summed E-state index contributed by atoms with van der Waals surface area (Å²) in [5.41, 5.74) is 0.863. The van der Waals surface area contributed by atoms with Crippen LogP contribution >= 0.6 is 15.9 Å². The third-order valence-electron chi connectivity index (χ3n) is 1.44. The minimum Gasteiger partial charge on any atom is -0.491 e. The molecule has 1 aromatic carbocycles. The molecule has 0 amide bonds. The largest absolute Gasteiger partial charge is 0.491 e. The van der Waals surface area contributed by atoms with Crippen LogP contribution in [0.25, 0.3) is 0 Å². The molecule has 0 unspecified atom stereocenters. The van der Waals surface area contributed by atoms with Crippen LogP contribution in [0, 0.1) is 6.08 Å². The second-order valence-corrected chi connectivity index (χ2v) is 3.34. The van der Waals surface area contributed by atoms with Gasteiger partial charge in [0.2, 0.25) is 0 Å². The van der Waals surface area contributed by atoms with E-state index < -0.39 is 0 Å². The molecule has 0 aliphatic heterocycles. The molecule has 3 heteroatoms. The number of hydrogen-bond acceptors (Lipinski definition) is 2. The average Bonchev–Trinajstić information content (AvgIpc) is 2.14. The van der Waals surface area contributed by atoms with Crippen molar-refractivity contribution >= 4 is 15.9 Å². The summed E-state index contributed by atoms with van der Waals surface area (Å²) >= 11 is 3.34. The first-order chi connectivity index (χ1) is 6.26. The number of rotatable bonds is 4. The Bertz CT molecular complexity index is 297. The van der Waals surface area contributed by atoms with Crippen molar-refractivity contribution in [3.8, 4) is 5.75 Å². The van der Waals surface area contributed by atoms with Crippen LogP contribution in [0.3, 0.4) is 0 Å². The van der Waals surface area contributed by atoms with Crippen molar-refractivity contribution in [2.75, 3.05) is 13.2 Å². The molecule has 13 heavy (non-hydrogen) atoms. The highest BCUT2D eigenvalue weighted by Crippen LogP contribution is 2.21. The summed E-state index contributed by atoms with van der Waals surface area (Å²) in [6.07, 6.45) is 2.76. The summed E-state index contributed by atoms with van der Waals surface area (Å²) in [5, 5.41) is 8.56. The van der Waals surface area contributed by atoms with Gasteiger partial charge in [-0.05, 0) is 29.8 Å². The van der Waals surface area contributed by atoms with E-state index in [9.17, 15) is 0 Å². The maximum Gasteiger partial charge on any atom is 0.121 e. The number of aliphatic hydroxyl groups excluding tert-OH is 1. The molecule has 2 nitrogen and oxygen atoms in total. The van der Waals surface area contributed by atoms with Gasteiger partial charge in [0, 0.05) is 4.47 Å². The zero-order valence-electron chi connectivity index (χ0n) is 7.09. The van der Waals surface area contributed by atoms with Crippen molar-refractivity contribution in [1.82, 2.24) is 0 Å². The average molecular weight is 242 g/mol. The van der Waals surface area contributed by atoms with Crippen LogP contribution in [0.5, 0.6) is 5.75 Å². The monoisotopic (exact) mass is 241 g/mol. The number of aliphatic hydroxyl groups is 1. The summed E-state index contributed by atoms with van der Waals surface area (Å²) in [6, 6.07) is 5.53. The number of benzene rings is 1. The lowest BCUT2D eigenvalue weighted by atomic mass is 10.2. The predicted octanol–water partition coefficient (Wildman–Crippen LogP) is 2.16. The van der Waals surface area contributed by atoms with Gasteiger partial charge in [-0.3, -0.25) is 0 Å². The Kier molecular flexibility index (Phi) is 3.99. The molecule has 1 aromatic rings. The smallest absolute Gasteiger partial charge is 0.121 e. The number of halogens is 1. The van der Waals surface area contributed by atoms with Crippen molar-refractivity contribution in [2.24, 2.45) is 0 Å². The van der Waals surface area contributed by atoms with Crippen molar-refractivity contribution < 1.29 is 9.84 Å². The Morgan fingerprint density at radius 3 is 2.85 bits per heavy atom. The molecule has 0 atom stereocenters. The van der Waals surface area contributed by atoms with E-state index in [2.05, 4.69) is 28.6 Å². The molecule has 0 heterocycles. The van der Waals surface area contributed by atoms with Gasteiger partial charge in [-0.1, -0.05) is 22.5 Å². The van der Waals surface area contributed by atoms with E-state index >= 15 is 0 Å². The standard InChI is InChI=1S/C10H10BrO2/c1-2-8-5-9(11)7-10(6-8)13-4-3-12/h5-7,12H,1,3-4H2. The van der Waals surface area contributed by atoms with E-state index in [0.29, 0.717) is 12.4 Å². The van der Waals surface area contributed by atoms with Gasteiger partial charge >= 0.3 is 0 Å². The fraction of sp³-hybridized carbons (Fsp3) is 0.200. The highest BCUT2D eigenvalue weighted by atomic mass is 79.9. The van der Waals surface area contributed by atoms with Crippen LogP contribution in [0.15, 0.2) is 29.3 Å². The topological polar surface area (TPSA) is 29.5 Å². The van der Waals surface area contributed by atoms with E-state index in [0.717, 1.165) is 10.0 Å². The summed E-state index contributed by atoms with van der Waals surface area (Å²) in [7, 11) is 0. The van der Waals surface area contributed by atoms with E-state index in [1.165, 1.54) is 0 Å². The normalized spacial score (nSPS) is 9.69. The molecule has 0 fully saturated rings. The van der Waals surface area contributed by atoms with Gasteiger partial charge in [0.25, 0.3) is 0 Å². The summed E-state index contributed by atoms with van der Waals surface area (Å²) in [4.78, 5) is 0. The van der Waals surface area contributed by atoms with Crippen molar-refractivity contribution in [1.29, 1.82) is 0 Å². The van der Waals surface area contributed by atoms with E-state index in [1.807, 2.05) is 18.2 Å². The molecule has 0 saturated heterocycles. The quantitative estimate of drug-likeness (QED) is 0.876. The first-order valence-electron chi connectivity index (χ1n) is 3.83. The minimum absolute atomic E-state index is 0.0135. The third-order valence-corrected chi connectivity index (χ3v) is 1.89. The van der Waals surface area contributed by atoms with Crippen molar-refractivity contribution in [3.05, 3.63) is 40.9 Å². The molecule has 0 spiro atoms. The summed E-state index contributed by atoms with van der Waals surface area (Å²) < 4.78 is 6.14. The SMILES string of the molecule is C=[C]c1cc(Br)cc(OCCO)c1. The lowest BCUT2D eigenvalue weighted by molar-refractivity contribution is 0.201. The van der Waals surface area contributed by atoms with Gasteiger partial charge in [0.05, 0.1) is 6.61 Å². The minimum atomic E-state index is 0.0135. The Morgan fingerprint density at radius 1 is 1.46 bits per heavy atom. The third kappa shape index (κ3) is 3.20. The molecule has 0 aliphatic rings. The van der Waals surface area contributed by atoms with Crippen LogP contribution in [0.2, 0.25) is 0 Å². The molecule has 1 N–H and O–H groups in total. The Morgan fingerprint density at radius 2 is 2.23 bits per heavy atom. The number of hydrogen-bond donors (Lipinski definition) is 1. The molecule has 0 bridgehead atoms. The molecule has 1 rings (SSSR count). The van der Waals surface area contributed by atoms with Gasteiger partial charge in [-0.25, -0.2) is 0 Å². The van der Waals surface area contributed by atoms with Gasteiger partial charge in [-0.15, -0.1) is 0 Å². The molecule has 69 valence electrons. The Labute approximate surface area is 86.0 Å². The van der Waals surface area contributed by atoms with Gasteiger partial charge in [0.1, 0.15) is 12.4 Å². The van der Waals surface area contributed by atoms with E-state index in [1.54, 1.807) is 0 Å². The van der Waals surface area contributed by atoms with Gasteiger partial charge in [0.15, 0.2) is 0 Å². The first kappa shape index (κ1) is 10.3. The Balaban J connectivity index is 2.81. The van der Waals surface area contributed by atoms with Gasteiger partial charge < -0.3 is 9.84 Å². The second-order valence-electron chi connectivity index (χ2n) is 2.42. The molecule has 0 saturated carbocycles. The summed E-state index contributed by atoms with van der Waals surface area (Å²) in [5.74, 6) is 0.703. The number of ether oxygens (including phenoxy) is 1. The Hall–Kier alpha value is -0.800. The highest BCUT2D eigenvalue weighted by Gasteiger charge is 1.97. The zero-order valence-corrected chi connectivity index (χ0v) is 8.67. The lowest BCUT2D eigenvalue weighted by Gasteiger charge is -2.05. The summed E-state index contributed by atoms with van der Waals surface area (Å²) in [6.45, 7) is 3.85. The van der Waals surface area contributed by atoms with E-state index in [4.69, 9.17) is 9.84 Å². The fourth-order valence-electron chi connectivity index (χ4n) is 0.912. The van der Waals surface area contributed by atoms with Gasteiger partial charge in [-0.2, -0.15) is 0 Å². The van der Waals surface area contributed by atoms with Crippen molar-refractivity contribution in [2.45, 2.75) is 0 Å². The molecule has 1 radical (unpaired) electrons. The van der Waals surface area contributed by atoms with E-state index in [-0.39, 0.29) is 6.61 Å². The van der Waals surface area contributed by atoms with Crippen LogP contribution in [-0.4, -0.2) is 18.3 Å².